The molecule has 2 heterocycles. The fraction of sp³-hybridized carbons (Fsp3) is 0.444. The first-order valence-electron chi connectivity index (χ1n) is 12.0. The molecule has 0 spiro atoms. The molecule has 2 aliphatic heterocycles. The zero-order valence-corrected chi connectivity index (χ0v) is 20.8. The molecule has 2 aliphatic rings. The average Bonchev–Trinajstić information content (AvgIpc) is 3.27. The highest BCUT2D eigenvalue weighted by Gasteiger charge is 2.36. The Morgan fingerprint density at radius 3 is 2.56 bits per heavy atom. The molecule has 6 nitrogen and oxygen atoms in total. The van der Waals surface area contributed by atoms with E-state index in [0.29, 0.717) is 44.0 Å². The number of halogens is 1. The summed E-state index contributed by atoms with van der Waals surface area (Å²) in [4.78, 5) is 27.6. The van der Waals surface area contributed by atoms with Crippen LogP contribution in [0, 0.1) is 19.8 Å². The lowest BCUT2D eigenvalue weighted by molar-refractivity contribution is -0.149. The van der Waals surface area contributed by atoms with Gasteiger partial charge < -0.3 is 4.74 Å². The molecule has 0 bridgehead atoms. The Balaban J connectivity index is 1.53. The lowest BCUT2D eigenvalue weighted by Crippen LogP contribution is -2.43. The van der Waals surface area contributed by atoms with Gasteiger partial charge in [-0.15, -0.1) is 0 Å². The second-order valence-corrected chi connectivity index (χ2v) is 9.55. The van der Waals surface area contributed by atoms with E-state index in [9.17, 15) is 9.59 Å². The number of amides is 1. The Hall–Kier alpha value is -2.70. The molecule has 7 heteroatoms. The molecule has 0 radical (unpaired) electrons. The Labute approximate surface area is 206 Å². The van der Waals surface area contributed by atoms with Gasteiger partial charge in [0.1, 0.15) is 0 Å². The number of rotatable bonds is 6. The second kappa shape index (κ2) is 10.7. The van der Waals surface area contributed by atoms with Crippen molar-refractivity contribution in [3.05, 3.63) is 69.7 Å². The van der Waals surface area contributed by atoms with Crippen molar-refractivity contribution in [2.45, 2.75) is 46.1 Å². The first-order valence-corrected chi connectivity index (χ1v) is 12.4. The van der Waals surface area contributed by atoms with E-state index in [1.54, 1.807) is 5.01 Å². The highest BCUT2D eigenvalue weighted by atomic mass is 35.5. The molecule has 0 unspecified atom stereocenters. The minimum absolute atomic E-state index is 0.0557. The molecule has 4 rings (SSSR count). The van der Waals surface area contributed by atoms with Crippen LogP contribution in [0.4, 0.5) is 0 Å². The standard InChI is InChI=1S/C27H32ClN3O3/c1-4-34-27(33)20-11-13-30(14-12-20)17-26(32)31-25(21-7-5-6-8-23(21)28)16-24(29-31)22-15-18(2)9-10-19(22)3/h5-10,15,20,25H,4,11-14,16-17H2,1-3H3/t25-/m1/s1. The van der Waals surface area contributed by atoms with Crippen molar-refractivity contribution < 1.29 is 14.3 Å². The average molecular weight is 482 g/mol. The third-order valence-corrected chi connectivity index (χ3v) is 7.04. The van der Waals surface area contributed by atoms with Gasteiger partial charge in [-0.2, -0.15) is 5.10 Å². The van der Waals surface area contributed by atoms with Crippen molar-refractivity contribution in [2.75, 3.05) is 26.2 Å². The van der Waals surface area contributed by atoms with Crippen molar-refractivity contribution in [3.8, 4) is 0 Å². The number of benzene rings is 2. The van der Waals surface area contributed by atoms with Gasteiger partial charge in [0, 0.05) is 17.0 Å². The topological polar surface area (TPSA) is 62.2 Å². The summed E-state index contributed by atoms with van der Waals surface area (Å²) >= 11 is 6.54. The number of nitrogens with zero attached hydrogens (tertiary/aromatic N) is 3. The summed E-state index contributed by atoms with van der Waals surface area (Å²) in [7, 11) is 0. The van der Waals surface area contributed by atoms with E-state index in [1.807, 2.05) is 31.2 Å². The quantitative estimate of drug-likeness (QED) is 0.550. The van der Waals surface area contributed by atoms with Gasteiger partial charge in [0.05, 0.1) is 30.8 Å². The second-order valence-electron chi connectivity index (χ2n) is 9.15. The molecule has 34 heavy (non-hydrogen) atoms. The van der Waals surface area contributed by atoms with Gasteiger partial charge in [0.25, 0.3) is 5.91 Å². The molecule has 2 aromatic rings. The highest BCUT2D eigenvalue weighted by molar-refractivity contribution is 6.31. The predicted molar refractivity (Wildman–Crippen MR) is 134 cm³/mol. The van der Waals surface area contributed by atoms with E-state index < -0.39 is 0 Å². The van der Waals surface area contributed by atoms with Crippen LogP contribution in [0.3, 0.4) is 0 Å². The highest BCUT2D eigenvalue weighted by Crippen LogP contribution is 2.37. The lowest BCUT2D eigenvalue weighted by atomic mass is 9.95. The maximum absolute atomic E-state index is 13.5. The van der Waals surface area contributed by atoms with Crippen LogP contribution in [0.25, 0.3) is 0 Å². The molecule has 2 aromatic carbocycles. The minimum atomic E-state index is -0.242. The van der Waals surface area contributed by atoms with E-state index in [-0.39, 0.29) is 30.4 Å². The van der Waals surface area contributed by atoms with Crippen LogP contribution in [0.1, 0.15) is 54.5 Å². The van der Waals surface area contributed by atoms with Gasteiger partial charge in [-0.1, -0.05) is 47.5 Å². The van der Waals surface area contributed by atoms with Gasteiger partial charge in [-0.05, 0) is 70.0 Å². The Bertz CT molecular complexity index is 1090. The van der Waals surface area contributed by atoms with E-state index in [1.165, 1.54) is 0 Å². The summed E-state index contributed by atoms with van der Waals surface area (Å²) in [5.74, 6) is -0.266. The maximum Gasteiger partial charge on any atom is 0.309 e. The van der Waals surface area contributed by atoms with Crippen LogP contribution in [0.2, 0.25) is 5.02 Å². The number of carbonyl (C=O) groups is 2. The molecule has 180 valence electrons. The van der Waals surface area contributed by atoms with Crippen molar-refractivity contribution in [1.82, 2.24) is 9.91 Å². The summed E-state index contributed by atoms with van der Waals surface area (Å²) in [6.07, 6.45) is 2.03. The fourth-order valence-electron chi connectivity index (χ4n) is 4.79. The minimum Gasteiger partial charge on any atom is -0.466 e. The van der Waals surface area contributed by atoms with Gasteiger partial charge in [-0.25, -0.2) is 5.01 Å². The molecule has 1 amide bonds. The number of hydrazone groups is 1. The SMILES string of the molecule is CCOC(=O)C1CCN(CC(=O)N2N=C(c3cc(C)ccc3C)C[C@@H]2c2ccccc2Cl)CC1. The Morgan fingerprint density at radius 1 is 1.12 bits per heavy atom. The lowest BCUT2D eigenvalue weighted by Gasteiger charge is -2.32. The van der Waals surface area contributed by atoms with Crippen LogP contribution in [-0.4, -0.2) is 53.7 Å². The van der Waals surface area contributed by atoms with Crippen LogP contribution < -0.4 is 0 Å². The van der Waals surface area contributed by atoms with Crippen molar-refractivity contribution >= 4 is 29.2 Å². The van der Waals surface area contributed by atoms with Gasteiger partial charge in [-0.3, -0.25) is 14.5 Å². The molecule has 0 aromatic heterocycles. The largest absolute Gasteiger partial charge is 0.466 e. The summed E-state index contributed by atoms with van der Waals surface area (Å²) in [5, 5.41) is 7.09. The van der Waals surface area contributed by atoms with Crippen LogP contribution in [0.5, 0.6) is 0 Å². The zero-order valence-electron chi connectivity index (χ0n) is 20.1. The first-order chi connectivity index (χ1) is 16.4. The first kappa shape index (κ1) is 24.4. The molecule has 1 saturated heterocycles. The van der Waals surface area contributed by atoms with Crippen LogP contribution >= 0.6 is 11.6 Å². The summed E-state index contributed by atoms with van der Waals surface area (Å²) in [5.41, 5.74) is 5.18. The van der Waals surface area contributed by atoms with Crippen molar-refractivity contribution in [3.63, 3.8) is 0 Å². The van der Waals surface area contributed by atoms with Gasteiger partial charge in [0.15, 0.2) is 0 Å². The summed E-state index contributed by atoms with van der Waals surface area (Å²) in [6.45, 7) is 7.99. The fourth-order valence-corrected chi connectivity index (χ4v) is 5.05. The van der Waals surface area contributed by atoms with Gasteiger partial charge >= 0.3 is 5.97 Å². The van der Waals surface area contributed by atoms with Crippen molar-refractivity contribution in [1.29, 1.82) is 0 Å². The number of piperidine rings is 1. The van der Waals surface area contributed by atoms with Crippen LogP contribution in [0.15, 0.2) is 47.6 Å². The smallest absolute Gasteiger partial charge is 0.309 e. The third-order valence-electron chi connectivity index (χ3n) is 6.70. The van der Waals surface area contributed by atoms with Crippen LogP contribution in [-0.2, 0) is 14.3 Å². The number of likely N-dealkylation sites (tertiary alicyclic amines) is 1. The predicted octanol–water partition coefficient (Wildman–Crippen LogP) is 4.91. The van der Waals surface area contributed by atoms with E-state index in [4.69, 9.17) is 21.4 Å². The van der Waals surface area contributed by atoms with E-state index >= 15 is 0 Å². The van der Waals surface area contributed by atoms with Crippen molar-refractivity contribution in [2.24, 2.45) is 11.0 Å². The maximum atomic E-state index is 13.5. The zero-order chi connectivity index (χ0) is 24.2. The third kappa shape index (κ3) is 5.34. The molecular weight excluding hydrogens is 450 g/mol. The Morgan fingerprint density at radius 2 is 1.85 bits per heavy atom. The molecule has 0 N–H and O–H groups in total. The number of hydrogen-bond donors (Lipinski definition) is 0. The Kier molecular flexibility index (Phi) is 7.69. The summed E-state index contributed by atoms with van der Waals surface area (Å²) < 4.78 is 5.16. The molecular formula is C27H32ClN3O3. The number of carbonyl (C=O) groups excluding carboxylic acids is 2. The number of hydrogen-bond acceptors (Lipinski definition) is 5. The number of aryl methyl sites for hydroxylation is 2. The normalized spacial score (nSPS) is 19.2. The molecule has 1 fully saturated rings. The van der Waals surface area contributed by atoms with E-state index in [0.717, 1.165) is 28.0 Å². The molecule has 0 saturated carbocycles. The molecule has 1 atom stereocenters. The number of esters is 1. The van der Waals surface area contributed by atoms with Gasteiger partial charge in [0.2, 0.25) is 0 Å². The van der Waals surface area contributed by atoms with E-state index in [2.05, 4.69) is 36.9 Å². The monoisotopic (exact) mass is 481 g/mol. The summed E-state index contributed by atoms with van der Waals surface area (Å²) in [6, 6.07) is 13.7. The molecule has 0 aliphatic carbocycles. The number of ether oxygens (including phenoxy) is 1.